The molecule has 0 saturated carbocycles. The molecule has 1 aromatic heterocycles. The van der Waals surface area contributed by atoms with Crippen molar-refractivity contribution >= 4 is 15.9 Å². The molecular weight excluding hydrogens is 273 g/mol. The molecule has 0 radical (unpaired) electrons. The molecule has 0 spiro atoms. The molecule has 0 aromatic carbocycles. The van der Waals surface area contributed by atoms with Gasteiger partial charge < -0.3 is 0 Å². The highest BCUT2D eigenvalue weighted by molar-refractivity contribution is 9.09. The van der Waals surface area contributed by atoms with Crippen LogP contribution in [0, 0.1) is 5.41 Å². The van der Waals surface area contributed by atoms with Crippen molar-refractivity contribution in [3.8, 4) is 0 Å². The van der Waals surface area contributed by atoms with Crippen LogP contribution in [0.1, 0.15) is 19.4 Å². The fourth-order valence-electron chi connectivity index (χ4n) is 1.08. The zero-order valence-corrected chi connectivity index (χ0v) is 10.1. The minimum absolute atomic E-state index is 0.116. The topological polar surface area (TPSA) is 17.8 Å². The van der Waals surface area contributed by atoms with Gasteiger partial charge in [-0.05, 0) is 5.41 Å². The van der Waals surface area contributed by atoms with E-state index in [4.69, 9.17) is 0 Å². The number of alkyl halides is 4. The van der Waals surface area contributed by atoms with Gasteiger partial charge in [-0.3, -0.25) is 4.68 Å². The minimum atomic E-state index is -4.31. The summed E-state index contributed by atoms with van der Waals surface area (Å²) >= 11 is 3.31. The van der Waals surface area contributed by atoms with Crippen molar-refractivity contribution in [2.75, 3.05) is 5.33 Å². The maximum absolute atomic E-state index is 12.3. The van der Waals surface area contributed by atoms with E-state index < -0.39 is 11.7 Å². The standard InChI is InChI=1S/C9H12BrF3N2/c1-8(2,5-10)6-15-4-7(3-14-15)9(11,12)13/h3-4H,5-6H2,1-2H3. The van der Waals surface area contributed by atoms with E-state index in [0.29, 0.717) is 11.9 Å². The van der Waals surface area contributed by atoms with Gasteiger partial charge in [0.25, 0.3) is 0 Å². The maximum Gasteiger partial charge on any atom is 0.419 e. The molecule has 1 rings (SSSR count). The first-order chi connectivity index (χ1) is 6.74. The third-order valence-electron chi connectivity index (χ3n) is 1.91. The average molecular weight is 285 g/mol. The monoisotopic (exact) mass is 284 g/mol. The van der Waals surface area contributed by atoms with Crippen molar-refractivity contribution in [3.05, 3.63) is 18.0 Å². The second kappa shape index (κ2) is 4.15. The summed E-state index contributed by atoms with van der Waals surface area (Å²) in [6.45, 7) is 4.36. The van der Waals surface area contributed by atoms with Gasteiger partial charge in [-0.2, -0.15) is 18.3 Å². The summed E-state index contributed by atoms with van der Waals surface area (Å²) in [6, 6.07) is 0. The van der Waals surface area contributed by atoms with Crippen LogP contribution >= 0.6 is 15.9 Å². The molecule has 0 bridgehead atoms. The third-order valence-corrected chi connectivity index (χ3v) is 3.43. The number of aromatic nitrogens is 2. The smallest absolute Gasteiger partial charge is 0.272 e. The molecule has 1 heterocycles. The summed E-state index contributed by atoms with van der Waals surface area (Å²) in [4.78, 5) is 0. The summed E-state index contributed by atoms with van der Waals surface area (Å²) in [5.74, 6) is 0. The fraction of sp³-hybridized carbons (Fsp3) is 0.667. The van der Waals surface area contributed by atoms with Crippen LogP contribution in [0.3, 0.4) is 0 Å². The molecule has 0 N–H and O–H groups in total. The van der Waals surface area contributed by atoms with Gasteiger partial charge in [0.2, 0.25) is 0 Å². The average Bonchev–Trinajstić information content (AvgIpc) is 2.51. The van der Waals surface area contributed by atoms with E-state index in [1.54, 1.807) is 0 Å². The summed E-state index contributed by atoms with van der Waals surface area (Å²) in [5.41, 5.74) is -0.817. The van der Waals surface area contributed by atoms with E-state index in [0.717, 1.165) is 12.4 Å². The van der Waals surface area contributed by atoms with Crippen molar-refractivity contribution in [1.82, 2.24) is 9.78 Å². The summed E-state index contributed by atoms with van der Waals surface area (Å²) in [5, 5.41) is 4.40. The third kappa shape index (κ3) is 3.52. The molecule has 0 fully saturated rings. The Morgan fingerprint density at radius 2 is 2.00 bits per heavy atom. The summed E-state index contributed by atoms with van der Waals surface area (Å²) < 4.78 is 38.1. The van der Waals surface area contributed by atoms with Crippen LogP contribution in [0.5, 0.6) is 0 Å². The van der Waals surface area contributed by atoms with Gasteiger partial charge in [0.05, 0.1) is 11.8 Å². The molecule has 6 heteroatoms. The first kappa shape index (κ1) is 12.5. The zero-order chi connectivity index (χ0) is 11.7. The predicted molar refractivity (Wildman–Crippen MR) is 54.8 cm³/mol. The van der Waals surface area contributed by atoms with Gasteiger partial charge in [0.15, 0.2) is 0 Å². The van der Waals surface area contributed by atoms with E-state index in [1.165, 1.54) is 4.68 Å². The van der Waals surface area contributed by atoms with Gasteiger partial charge >= 0.3 is 6.18 Å². The Bertz CT molecular complexity index is 330. The van der Waals surface area contributed by atoms with Crippen LogP contribution in [-0.4, -0.2) is 15.1 Å². The second-order valence-corrected chi connectivity index (χ2v) is 4.78. The van der Waals surface area contributed by atoms with Crippen molar-refractivity contribution in [2.45, 2.75) is 26.6 Å². The highest BCUT2D eigenvalue weighted by Gasteiger charge is 2.32. The van der Waals surface area contributed by atoms with E-state index in [1.807, 2.05) is 13.8 Å². The molecule has 0 unspecified atom stereocenters. The van der Waals surface area contributed by atoms with Gasteiger partial charge in [0.1, 0.15) is 0 Å². The van der Waals surface area contributed by atoms with Gasteiger partial charge in [0, 0.05) is 18.1 Å². The first-order valence-electron chi connectivity index (χ1n) is 4.40. The molecule has 0 aliphatic heterocycles. The normalized spacial score (nSPS) is 13.2. The Balaban J connectivity index is 2.78. The number of halogens is 4. The molecule has 0 aliphatic carbocycles. The van der Waals surface area contributed by atoms with E-state index in [9.17, 15) is 13.2 Å². The van der Waals surface area contributed by atoms with Gasteiger partial charge in [-0.1, -0.05) is 29.8 Å². The molecule has 15 heavy (non-hydrogen) atoms. The lowest BCUT2D eigenvalue weighted by Gasteiger charge is -2.21. The zero-order valence-electron chi connectivity index (χ0n) is 8.48. The number of rotatable bonds is 3. The van der Waals surface area contributed by atoms with Crippen LogP contribution in [0.2, 0.25) is 0 Å². The molecule has 2 nitrogen and oxygen atoms in total. The molecule has 0 saturated heterocycles. The number of hydrogen-bond acceptors (Lipinski definition) is 1. The van der Waals surface area contributed by atoms with Crippen LogP contribution in [0.25, 0.3) is 0 Å². The second-order valence-electron chi connectivity index (χ2n) is 4.22. The lowest BCUT2D eigenvalue weighted by Crippen LogP contribution is -2.21. The Morgan fingerprint density at radius 3 is 2.40 bits per heavy atom. The van der Waals surface area contributed by atoms with Gasteiger partial charge in [-0.15, -0.1) is 0 Å². The quantitative estimate of drug-likeness (QED) is 0.779. The van der Waals surface area contributed by atoms with Crippen molar-refractivity contribution < 1.29 is 13.2 Å². The molecule has 0 amide bonds. The Morgan fingerprint density at radius 1 is 1.40 bits per heavy atom. The van der Waals surface area contributed by atoms with E-state index in [2.05, 4.69) is 21.0 Å². The summed E-state index contributed by atoms with van der Waals surface area (Å²) in [6.07, 6.45) is -2.43. The van der Waals surface area contributed by atoms with Crippen LogP contribution in [0.15, 0.2) is 12.4 Å². The lowest BCUT2D eigenvalue weighted by molar-refractivity contribution is -0.137. The van der Waals surface area contributed by atoms with E-state index >= 15 is 0 Å². The number of nitrogens with zero attached hydrogens (tertiary/aromatic N) is 2. The Hall–Kier alpha value is -0.520. The van der Waals surface area contributed by atoms with E-state index in [-0.39, 0.29) is 5.41 Å². The molecule has 0 aliphatic rings. The first-order valence-corrected chi connectivity index (χ1v) is 5.52. The number of hydrogen-bond donors (Lipinski definition) is 0. The van der Waals surface area contributed by atoms with Crippen LogP contribution < -0.4 is 0 Å². The predicted octanol–water partition coefficient (Wildman–Crippen LogP) is 3.32. The lowest BCUT2D eigenvalue weighted by atomic mass is 9.97. The molecule has 0 atom stereocenters. The largest absolute Gasteiger partial charge is 0.419 e. The Labute approximate surface area is 94.6 Å². The minimum Gasteiger partial charge on any atom is -0.272 e. The fourth-order valence-corrected chi connectivity index (χ4v) is 1.25. The molecule has 86 valence electrons. The highest BCUT2D eigenvalue weighted by atomic mass is 79.9. The Kier molecular flexibility index (Phi) is 3.48. The van der Waals surface area contributed by atoms with Crippen molar-refractivity contribution in [2.24, 2.45) is 5.41 Å². The van der Waals surface area contributed by atoms with Crippen molar-refractivity contribution in [1.29, 1.82) is 0 Å². The van der Waals surface area contributed by atoms with Crippen LogP contribution in [-0.2, 0) is 12.7 Å². The van der Waals surface area contributed by atoms with Crippen molar-refractivity contribution in [3.63, 3.8) is 0 Å². The highest BCUT2D eigenvalue weighted by Crippen LogP contribution is 2.29. The molecular formula is C9H12BrF3N2. The summed E-state index contributed by atoms with van der Waals surface area (Å²) in [7, 11) is 0. The maximum atomic E-state index is 12.3. The molecule has 1 aromatic rings. The van der Waals surface area contributed by atoms with Gasteiger partial charge in [-0.25, -0.2) is 0 Å². The van der Waals surface area contributed by atoms with Crippen LogP contribution in [0.4, 0.5) is 13.2 Å². The SMILES string of the molecule is CC(C)(CBr)Cn1cc(C(F)(F)F)cn1.